The molecule has 0 spiro atoms. The van der Waals surface area contributed by atoms with E-state index in [1.807, 2.05) is 50.2 Å². The smallest absolute Gasteiger partial charge is 0.274 e. The third-order valence-corrected chi connectivity index (χ3v) is 4.10. The Morgan fingerprint density at radius 1 is 1.00 bits per heavy atom. The first-order valence-corrected chi connectivity index (χ1v) is 8.32. The Balaban J connectivity index is 1.82. The van der Waals surface area contributed by atoms with Crippen molar-refractivity contribution in [1.29, 1.82) is 0 Å². The van der Waals surface area contributed by atoms with Crippen LogP contribution >= 0.6 is 0 Å². The van der Waals surface area contributed by atoms with Gasteiger partial charge in [0.05, 0.1) is 12.8 Å². The number of amides is 1. The zero-order valence-electron chi connectivity index (χ0n) is 15.0. The molecule has 0 fully saturated rings. The number of pyridine rings is 1. The number of carbonyl (C=O) groups excluding carboxylic acids is 1. The summed E-state index contributed by atoms with van der Waals surface area (Å²) in [5.74, 6) is 0.310. The number of aryl methyl sites for hydroxylation is 2. The van der Waals surface area contributed by atoms with Crippen molar-refractivity contribution in [2.75, 3.05) is 17.7 Å². The lowest BCUT2D eigenvalue weighted by Gasteiger charge is -2.13. The molecule has 3 rings (SSSR count). The molecule has 0 radical (unpaired) electrons. The average Bonchev–Trinajstić information content (AvgIpc) is 2.65. The van der Waals surface area contributed by atoms with Gasteiger partial charge in [-0.3, -0.25) is 9.78 Å². The van der Waals surface area contributed by atoms with Crippen LogP contribution in [0.15, 0.2) is 60.8 Å². The van der Waals surface area contributed by atoms with Crippen molar-refractivity contribution in [3.05, 3.63) is 77.6 Å². The van der Waals surface area contributed by atoms with Gasteiger partial charge in [0.1, 0.15) is 11.4 Å². The zero-order valence-corrected chi connectivity index (χ0v) is 15.0. The molecule has 0 unspecified atom stereocenters. The number of benzene rings is 2. The summed E-state index contributed by atoms with van der Waals surface area (Å²) in [6.07, 6.45) is 1.62. The van der Waals surface area contributed by atoms with E-state index in [-0.39, 0.29) is 5.91 Å². The minimum Gasteiger partial charge on any atom is -0.495 e. The number of carbonyl (C=O) groups is 1. The quantitative estimate of drug-likeness (QED) is 0.702. The summed E-state index contributed by atoms with van der Waals surface area (Å²) in [5.41, 5.74) is 5.06. The summed E-state index contributed by atoms with van der Waals surface area (Å²) in [7, 11) is 1.57. The Morgan fingerprint density at radius 3 is 2.46 bits per heavy atom. The van der Waals surface area contributed by atoms with Crippen LogP contribution in [0.2, 0.25) is 0 Å². The van der Waals surface area contributed by atoms with E-state index >= 15 is 0 Å². The number of hydrogen-bond donors (Lipinski definition) is 2. The van der Waals surface area contributed by atoms with Crippen LogP contribution in [0, 0.1) is 13.8 Å². The summed E-state index contributed by atoms with van der Waals surface area (Å²) < 4.78 is 5.26. The van der Waals surface area contributed by atoms with Crippen molar-refractivity contribution in [1.82, 2.24) is 4.98 Å². The molecule has 0 bridgehead atoms. The van der Waals surface area contributed by atoms with E-state index in [2.05, 4.69) is 15.6 Å². The second-order valence-corrected chi connectivity index (χ2v) is 5.98. The summed E-state index contributed by atoms with van der Waals surface area (Å²) >= 11 is 0. The average molecular weight is 347 g/mol. The van der Waals surface area contributed by atoms with Crippen LogP contribution in [0.25, 0.3) is 0 Å². The van der Waals surface area contributed by atoms with Crippen LogP contribution in [0.3, 0.4) is 0 Å². The number of hydrogen-bond acceptors (Lipinski definition) is 4. The number of ether oxygens (including phenoxy) is 1. The first-order chi connectivity index (χ1) is 12.6. The molecule has 5 nitrogen and oxygen atoms in total. The fourth-order valence-electron chi connectivity index (χ4n) is 2.72. The van der Waals surface area contributed by atoms with E-state index in [0.717, 1.165) is 22.5 Å². The molecule has 3 aromatic rings. The van der Waals surface area contributed by atoms with Gasteiger partial charge in [0.2, 0.25) is 0 Å². The Hall–Kier alpha value is -3.34. The summed E-state index contributed by atoms with van der Waals surface area (Å²) in [4.78, 5) is 16.7. The van der Waals surface area contributed by atoms with E-state index in [1.54, 1.807) is 31.5 Å². The molecule has 0 atom stereocenters. The standard InChI is InChI=1S/C21H21N3O2/c1-14-7-6-8-15(2)20(14)23-16-11-12-22-18(13-16)21(25)24-17-9-4-5-10-19(17)26-3/h4-13H,1-3H3,(H,22,23)(H,24,25). The van der Waals surface area contributed by atoms with E-state index in [9.17, 15) is 4.79 Å². The van der Waals surface area contributed by atoms with E-state index in [1.165, 1.54) is 0 Å². The second kappa shape index (κ2) is 7.70. The third-order valence-electron chi connectivity index (χ3n) is 4.10. The molecule has 2 N–H and O–H groups in total. The largest absolute Gasteiger partial charge is 0.495 e. The predicted molar refractivity (Wildman–Crippen MR) is 104 cm³/mol. The lowest BCUT2D eigenvalue weighted by atomic mass is 10.1. The highest BCUT2D eigenvalue weighted by Crippen LogP contribution is 2.26. The van der Waals surface area contributed by atoms with Crippen molar-refractivity contribution in [3.63, 3.8) is 0 Å². The molecule has 0 saturated heterocycles. The fourth-order valence-corrected chi connectivity index (χ4v) is 2.72. The Bertz CT molecular complexity index is 918. The van der Waals surface area contributed by atoms with E-state index in [4.69, 9.17) is 4.74 Å². The molecule has 0 aliphatic rings. The highest BCUT2D eigenvalue weighted by molar-refractivity contribution is 6.04. The number of methoxy groups -OCH3 is 1. The molecule has 132 valence electrons. The predicted octanol–water partition coefficient (Wildman–Crippen LogP) is 4.70. The van der Waals surface area contributed by atoms with Gasteiger partial charge in [0, 0.05) is 17.6 Å². The van der Waals surface area contributed by atoms with Gasteiger partial charge in [-0.05, 0) is 49.2 Å². The SMILES string of the molecule is COc1ccccc1NC(=O)c1cc(Nc2c(C)cccc2C)ccn1. The van der Waals surface area contributed by atoms with Gasteiger partial charge in [-0.2, -0.15) is 0 Å². The molecule has 1 aromatic heterocycles. The van der Waals surface area contributed by atoms with Crippen molar-refractivity contribution >= 4 is 23.0 Å². The van der Waals surface area contributed by atoms with Gasteiger partial charge in [-0.15, -0.1) is 0 Å². The van der Waals surface area contributed by atoms with Crippen LogP contribution in [0.5, 0.6) is 5.75 Å². The maximum atomic E-state index is 12.6. The third kappa shape index (κ3) is 3.83. The molecule has 0 aliphatic carbocycles. The highest BCUT2D eigenvalue weighted by Gasteiger charge is 2.12. The number of aromatic nitrogens is 1. The van der Waals surface area contributed by atoms with Crippen molar-refractivity contribution in [2.24, 2.45) is 0 Å². The van der Waals surface area contributed by atoms with Gasteiger partial charge in [-0.1, -0.05) is 30.3 Å². The Kier molecular flexibility index (Phi) is 5.17. The van der Waals surface area contributed by atoms with Gasteiger partial charge in [-0.25, -0.2) is 0 Å². The number of rotatable bonds is 5. The molecule has 0 aliphatic heterocycles. The number of para-hydroxylation sites is 3. The van der Waals surface area contributed by atoms with Crippen LogP contribution < -0.4 is 15.4 Å². The van der Waals surface area contributed by atoms with Gasteiger partial charge < -0.3 is 15.4 Å². The molecule has 26 heavy (non-hydrogen) atoms. The van der Waals surface area contributed by atoms with E-state index in [0.29, 0.717) is 17.1 Å². The molecule has 0 saturated carbocycles. The zero-order chi connectivity index (χ0) is 18.5. The summed E-state index contributed by atoms with van der Waals surface area (Å²) in [6.45, 7) is 4.09. The number of nitrogens with zero attached hydrogens (tertiary/aromatic N) is 1. The highest BCUT2D eigenvalue weighted by atomic mass is 16.5. The topological polar surface area (TPSA) is 63.2 Å². The van der Waals surface area contributed by atoms with Crippen LogP contribution in [0.1, 0.15) is 21.6 Å². The Morgan fingerprint density at radius 2 is 1.73 bits per heavy atom. The first-order valence-electron chi connectivity index (χ1n) is 8.32. The molecular formula is C21H21N3O2. The van der Waals surface area contributed by atoms with Gasteiger partial charge in [0.25, 0.3) is 5.91 Å². The molecule has 1 heterocycles. The van der Waals surface area contributed by atoms with Crippen molar-refractivity contribution in [3.8, 4) is 5.75 Å². The van der Waals surface area contributed by atoms with Crippen molar-refractivity contribution < 1.29 is 9.53 Å². The number of anilines is 3. The normalized spacial score (nSPS) is 10.3. The number of nitrogens with one attached hydrogen (secondary N) is 2. The van der Waals surface area contributed by atoms with Crippen molar-refractivity contribution in [2.45, 2.75) is 13.8 Å². The van der Waals surface area contributed by atoms with E-state index < -0.39 is 0 Å². The maximum absolute atomic E-state index is 12.6. The van der Waals surface area contributed by atoms with Crippen LogP contribution in [-0.2, 0) is 0 Å². The minimum absolute atomic E-state index is 0.292. The second-order valence-electron chi connectivity index (χ2n) is 5.98. The maximum Gasteiger partial charge on any atom is 0.274 e. The van der Waals surface area contributed by atoms with Gasteiger partial charge in [0.15, 0.2) is 0 Å². The minimum atomic E-state index is -0.292. The lowest BCUT2D eigenvalue weighted by molar-refractivity contribution is 0.102. The summed E-state index contributed by atoms with van der Waals surface area (Å²) in [5, 5.41) is 6.21. The van der Waals surface area contributed by atoms with Gasteiger partial charge >= 0.3 is 0 Å². The molecule has 5 heteroatoms. The molecular weight excluding hydrogens is 326 g/mol. The van der Waals surface area contributed by atoms with Crippen LogP contribution in [-0.4, -0.2) is 18.0 Å². The Labute approximate surface area is 153 Å². The fraction of sp³-hybridized carbons (Fsp3) is 0.143. The molecule has 1 amide bonds. The monoisotopic (exact) mass is 347 g/mol. The summed E-state index contributed by atoms with van der Waals surface area (Å²) in [6, 6.07) is 17.0. The van der Waals surface area contributed by atoms with Crippen LogP contribution in [0.4, 0.5) is 17.1 Å². The lowest BCUT2D eigenvalue weighted by Crippen LogP contribution is -2.14. The first kappa shape index (κ1) is 17.5. The molecule has 2 aromatic carbocycles.